The summed E-state index contributed by atoms with van der Waals surface area (Å²) in [5.41, 5.74) is 8.41. The number of benzene rings is 2. The number of aliphatic imine (C=N–C) groups is 1. The van der Waals surface area contributed by atoms with E-state index in [9.17, 15) is 9.59 Å². The Hall–Kier alpha value is -3.35. The summed E-state index contributed by atoms with van der Waals surface area (Å²) in [7, 11) is 0. The van der Waals surface area contributed by atoms with Gasteiger partial charge in [0.1, 0.15) is 5.75 Å². The van der Waals surface area contributed by atoms with Gasteiger partial charge in [0.2, 0.25) is 5.91 Å². The van der Waals surface area contributed by atoms with Gasteiger partial charge in [0, 0.05) is 17.5 Å². The summed E-state index contributed by atoms with van der Waals surface area (Å²) in [6, 6.07) is 15.0. The highest BCUT2D eigenvalue weighted by Crippen LogP contribution is 2.35. The Morgan fingerprint density at radius 3 is 2.69 bits per heavy atom. The van der Waals surface area contributed by atoms with E-state index in [4.69, 9.17) is 15.5 Å². The minimum atomic E-state index is -0.420. The zero-order valence-corrected chi connectivity index (χ0v) is 20.9. The molecule has 0 aliphatic carbocycles. The van der Waals surface area contributed by atoms with Crippen molar-refractivity contribution in [2.75, 3.05) is 6.61 Å². The van der Waals surface area contributed by atoms with E-state index in [1.807, 2.05) is 62.4 Å². The fraction of sp³-hybridized carbons (Fsp3) is 0.464. The molecule has 2 heterocycles. The van der Waals surface area contributed by atoms with Gasteiger partial charge in [-0.05, 0) is 43.0 Å². The van der Waals surface area contributed by atoms with Gasteiger partial charge in [-0.25, -0.2) is 4.99 Å². The van der Waals surface area contributed by atoms with Crippen LogP contribution in [0.25, 0.3) is 0 Å². The Kier molecular flexibility index (Phi) is 7.43. The molecule has 2 aromatic carbocycles. The topological polar surface area (TPSA) is 97.0 Å². The van der Waals surface area contributed by atoms with E-state index in [-0.39, 0.29) is 29.9 Å². The van der Waals surface area contributed by atoms with E-state index in [1.165, 1.54) is 0 Å². The quantitative estimate of drug-likeness (QED) is 0.567. The number of para-hydroxylation sites is 1. The molecule has 0 radical (unpaired) electrons. The molecule has 2 atom stereocenters. The van der Waals surface area contributed by atoms with Crippen LogP contribution in [0.15, 0.2) is 53.5 Å². The summed E-state index contributed by atoms with van der Waals surface area (Å²) >= 11 is 0. The number of amides is 2. The largest absolute Gasteiger partial charge is 0.493 e. The Labute approximate surface area is 207 Å². The van der Waals surface area contributed by atoms with E-state index >= 15 is 0 Å². The molecule has 3 N–H and O–H groups in total. The first-order valence-corrected chi connectivity index (χ1v) is 12.7. The van der Waals surface area contributed by atoms with Crippen LogP contribution < -0.4 is 15.8 Å². The van der Waals surface area contributed by atoms with Gasteiger partial charge >= 0.3 is 0 Å². The predicted octanol–water partition coefficient (Wildman–Crippen LogP) is 4.89. The van der Waals surface area contributed by atoms with Crippen LogP contribution in [0.4, 0.5) is 0 Å². The molecule has 0 saturated heterocycles. The number of nitrogens with zero attached hydrogens (tertiary/aromatic N) is 2. The highest BCUT2D eigenvalue weighted by atomic mass is 16.5. The number of nitrogens with one attached hydrogen (secondary N) is 1. The lowest BCUT2D eigenvalue weighted by molar-refractivity contribution is -0.131. The zero-order chi connectivity index (χ0) is 25.0. The van der Waals surface area contributed by atoms with Crippen molar-refractivity contribution >= 4 is 17.8 Å². The minimum absolute atomic E-state index is 0.00619. The molecule has 2 aliphatic heterocycles. The Bertz CT molecular complexity index is 1110. The fourth-order valence-corrected chi connectivity index (χ4v) is 5.16. The number of hydrogen-bond acceptors (Lipinski definition) is 5. The van der Waals surface area contributed by atoms with Gasteiger partial charge in [0.15, 0.2) is 5.96 Å². The maximum Gasteiger partial charge on any atom is 0.251 e. The zero-order valence-electron chi connectivity index (χ0n) is 20.9. The van der Waals surface area contributed by atoms with Crippen LogP contribution in [0, 0.1) is 0 Å². The monoisotopic (exact) mass is 476 g/mol. The van der Waals surface area contributed by atoms with E-state index < -0.39 is 5.54 Å². The highest BCUT2D eigenvalue weighted by Gasteiger charge is 2.40. The normalized spacial score (nSPS) is 19.9. The van der Waals surface area contributed by atoms with E-state index in [2.05, 4.69) is 12.2 Å². The van der Waals surface area contributed by atoms with Gasteiger partial charge in [0.25, 0.3) is 5.91 Å². The lowest BCUT2D eigenvalue weighted by atomic mass is 9.87. The maximum atomic E-state index is 13.3. The molecule has 2 aliphatic rings. The average molecular weight is 477 g/mol. The second-order valence-electron chi connectivity index (χ2n) is 9.47. The standard InChI is InChI=1S/C28H36N4O3/c1-4-10-23(32-25(33)18-28(5-2,6-3)31-27(32)29)19-11-9-12-20(17-19)26(34)30-22-15-16-35-24-14-8-7-13-21(22)24/h7-9,11-14,17,22-23H,4-6,10,15-16,18H2,1-3H3,(H2,29,31)(H,30,34)/t22-,23+/m0/s1. The molecular formula is C28H36N4O3. The molecule has 0 spiro atoms. The molecule has 0 fully saturated rings. The minimum Gasteiger partial charge on any atom is -0.493 e. The Morgan fingerprint density at radius 1 is 1.20 bits per heavy atom. The molecule has 4 rings (SSSR count). The molecule has 186 valence electrons. The van der Waals surface area contributed by atoms with Crippen molar-refractivity contribution in [1.29, 1.82) is 0 Å². The molecule has 0 bridgehead atoms. The number of carbonyl (C=O) groups excluding carboxylic acids is 2. The van der Waals surface area contributed by atoms with Crippen LogP contribution in [0.2, 0.25) is 0 Å². The molecule has 0 saturated carbocycles. The van der Waals surface area contributed by atoms with Crippen molar-refractivity contribution in [1.82, 2.24) is 10.2 Å². The van der Waals surface area contributed by atoms with Crippen molar-refractivity contribution in [3.05, 3.63) is 65.2 Å². The molecule has 7 nitrogen and oxygen atoms in total. The van der Waals surface area contributed by atoms with Crippen molar-refractivity contribution < 1.29 is 14.3 Å². The van der Waals surface area contributed by atoms with Crippen LogP contribution in [0.3, 0.4) is 0 Å². The number of carbonyl (C=O) groups is 2. The van der Waals surface area contributed by atoms with Crippen LogP contribution in [-0.4, -0.2) is 34.8 Å². The summed E-state index contributed by atoms with van der Waals surface area (Å²) in [5.74, 6) is 0.936. The first-order valence-electron chi connectivity index (χ1n) is 12.7. The SMILES string of the molecule is CCC[C@H](c1cccc(C(=O)N[C@H]2CCOc3ccccc32)c1)N1C(=O)CC(CC)(CC)N=C1N. The predicted molar refractivity (Wildman–Crippen MR) is 137 cm³/mol. The number of guanidine groups is 1. The summed E-state index contributed by atoms with van der Waals surface area (Å²) in [4.78, 5) is 33.0. The summed E-state index contributed by atoms with van der Waals surface area (Å²) in [6.07, 6.45) is 4.20. The molecular weight excluding hydrogens is 440 g/mol. The molecule has 2 amide bonds. The second kappa shape index (κ2) is 10.5. The average Bonchev–Trinajstić information content (AvgIpc) is 2.88. The van der Waals surface area contributed by atoms with Crippen LogP contribution in [0.5, 0.6) is 5.75 Å². The molecule has 2 aromatic rings. The van der Waals surface area contributed by atoms with Crippen molar-refractivity contribution in [3.8, 4) is 5.75 Å². The third-order valence-corrected chi connectivity index (χ3v) is 7.33. The van der Waals surface area contributed by atoms with Gasteiger partial charge in [-0.15, -0.1) is 0 Å². The smallest absolute Gasteiger partial charge is 0.251 e. The molecule has 7 heteroatoms. The van der Waals surface area contributed by atoms with Crippen molar-refractivity contribution in [3.63, 3.8) is 0 Å². The van der Waals surface area contributed by atoms with E-state index in [0.717, 1.165) is 42.6 Å². The fourth-order valence-electron chi connectivity index (χ4n) is 5.16. The number of fused-ring (bicyclic) bond motifs is 1. The number of hydrogen-bond donors (Lipinski definition) is 2. The Morgan fingerprint density at radius 2 is 1.97 bits per heavy atom. The van der Waals surface area contributed by atoms with Gasteiger partial charge in [-0.2, -0.15) is 0 Å². The number of nitrogens with two attached hydrogens (primary N) is 1. The molecule has 0 unspecified atom stereocenters. The number of ether oxygens (including phenoxy) is 1. The third kappa shape index (κ3) is 5.04. The molecule has 0 aromatic heterocycles. The number of rotatable bonds is 8. The van der Waals surface area contributed by atoms with Gasteiger partial charge in [-0.1, -0.05) is 57.5 Å². The third-order valence-electron chi connectivity index (χ3n) is 7.33. The van der Waals surface area contributed by atoms with Crippen LogP contribution in [-0.2, 0) is 4.79 Å². The van der Waals surface area contributed by atoms with Gasteiger partial charge in [0.05, 0.1) is 30.7 Å². The lowest BCUT2D eigenvalue weighted by Gasteiger charge is -2.40. The summed E-state index contributed by atoms with van der Waals surface area (Å²) < 4.78 is 5.72. The van der Waals surface area contributed by atoms with Gasteiger partial charge in [-0.3, -0.25) is 14.5 Å². The maximum absolute atomic E-state index is 13.3. The highest BCUT2D eigenvalue weighted by molar-refractivity contribution is 6.00. The second-order valence-corrected chi connectivity index (χ2v) is 9.47. The van der Waals surface area contributed by atoms with E-state index in [1.54, 1.807) is 4.90 Å². The van der Waals surface area contributed by atoms with Gasteiger partial charge < -0.3 is 15.8 Å². The van der Waals surface area contributed by atoms with Crippen molar-refractivity contribution in [2.24, 2.45) is 10.7 Å². The lowest BCUT2D eigenvalue weighted by Crippen LogP contribution is -2.52. The summed E-state index contributed by atoms with van der Waals surface area (Å²) in [5, 5.41) is 3.16. The van der Waals surface area contributed by atoms with Crippen molar-refractivity contribution in [2.45, 2.75) is 76.9 Å². The Balaban J connectivity index is 1.59. The van der Waals surface area contributed by atoms with E-state index in [0.29, 0.717) is 25.0 Å². The first kappa shape index (κ1) is 24.8. The van der Waals surface area contributed by atoms with Crippen LogP contribution in [0.1, 0.15) is 92.9 Å². The first-order chi connectivity index (χ1) is 16.9. The van der Waals surface area contributed by atoms with Crippen LogP contribution >= 0.6 is 0 Å². The molecule has 35 heavy (non-hydrogen) atoms. The summed E-state index contributed by atoms with van der Waals surface area (Å²) in [6.45, 7) is 6.74.